The monoisotopic (exact) mass is 398 g/mol. The molecule has 2 nitrogen and oxygen atoms in total. The van der Waals surface area contributed by atoms with Gasteiger partial charge in [0.05, 0.1) is 6.61 Å². The van der Waals surface area contributed by atoms with Crippen LogP contribution in [0.5, 0.6) is 5.75 Å². The van der Waals surface area contributed by atoms with E-state index in [1.807, 2.05) is 36.4 Å². The Labute approximate surface area is 173 Å². The molecule has 0 spiro atoms. The Morgan fingerprint density at radius 1 is 0.759 bits per heavy atom. The van der Waals surface area contributed by atoms with Crippen LogP contribution in [0.25, 0.3) is 10.8 Å². The van der Waals surface area contributed by atoms with Crippen molar-refractivity contribution in [1.29, 1.82) is 0 Å². The average molecular weight is 399 g/mol. The molecule has 4 aromatic carbocycles. The van der Waals surface area contributed by atoms with Crippen molar-refractivity contribution < 1.29 is 9.84 Å². The Balaban J connectivity index is 1.61. The topological polar surface area (TPSA) is 29.5 Å². The maximum atomic E-state index is 9.77. The van der Waals surface area contributed by atoms with Gasteiger partial charge in [0.25, 0.3) is 0 Å². The van der Waals surface area contributed by atoms with Gasteiger partial charge in [-0.1, -0.05) is 97.1 Å². The van der Waals surface area contributed by atoms with Gasteiger partial charge in [0.2, 0.25) is 0 Å². The summed E-state index contributed by atoms with van der Waals surface area (Å²) in [5.41, 5.74) is 2.20. The number of ether oxygens (including phenoxy) is 1. The minimum Gasteiger partial charge on any atom is -0.489 e. The Morgan fingerprint density at radius 2 is 1.45 bits per heavy atom. The minimum atomic E-state index is -1.90. The van der Waals surface area contributed by atoms with Gasteiger partial charge in [-0.15, -0.1) is 0 Å². The second-order valence-electron chi connectivity index (χ2n) is 7.94. The average Bonchev–Trinajstić information content (AvgIpc) is 2.77. The summed E-state index contributed by atoms with van der Waals surface area (Å²) in [5.74, 6) is 0.885. The fourth-order valence-electron chi connectivity index (χ4n) is 3.87. The Hall–Kier alpha value is -2.88. The molecule has 0 saturated carbocycles. The molecule has 4 aromatic rings. The van der Waals surface area contributed by atoms with Crippen molar-refractivity contribution in [2.24, 2.45) is 0 Å². The lowest BCUT2D eigenvalue weighted by atomic mass is 10.1. The van der Waals surface area contributed by atoms with Crippen LogP contribution in [0.15, 0.2) is 91.0 Å². The summed E-state index contributed by atoms with van der Waals surface area (Å²) in [6.07, 6.45) is 0. The summed E-state index contributed by atoms with van der Waals surface area (Å²) >= 11 is 0. The molecule has 1 N–H and O–H groups in total. The fraction of sp³-hybridized carbons (Fsp3) is 0.154. The van der Waals surface area contributed by atoms with Gasteiger partial charge < -0.3 is 9.84 Å². The Bertz CT molecular complexity index is 1120. The van der Waals surface area contributed by atoms with Crippen LogP contribution in [-0.4, -0.2) is 13.2 Å². The molecule has 0 heterocycles. The maximum absolute atomic E-state index is 9.77. The second-order valence-corrected chi connectivity index (χ2v) is 12.3. The van der Waals surface area contributed by atoms with Gasteiger partial charge in [-0.3, -0.25) is 0 Å². The number of hydrogen-bond acceptors (Lipinski definition) is 2. The maximum Gasteiger partial charge on any atom is 0.120 e. The first-order chi connectivity index (χ1) is 14.1. The van der Waals surface area contributed by atoms with E-state index in [-0.39, 0.29) is 6.61 Å². The highest BCUT2D eigenvalue weighted by Crippen LogP contribution is 2.22. The quantitative estimate of drug-likeness (QED) is 0.476. The summed E-state index contributed by atoms with van der Waals surface area (Å²) in [4.78, 5) is 0. The molecule has 0 aromatic heterocycles. The lowest BCUT2D eigenvalue weighted by molar-refractivity contribution is 0.283. The third kappa shape index (κ3) is 4.11. The molecule has 4 rings (SSSR count). The molecule has 146 valence electrons. The van der Waals surface area contributed by atoms with Gasteiger partial charge in [0.15, 0.2) is 0 Å². The highest BCUT2D eigenvalue weighted by molar-refractivity contribution is 7.00. The van der Waals surface area contributed by atoms with Crippen molar-refractivity contribution in [2.75, 3.05) is 0 Å². The van der Waals surface area contributed by atoms with Crippen molar-refractivity contribution in [3.63, 3.8) is 0 Å². The molecule has 0 saturated heterocycles. The molecule has 3 heteroatoms. The van der Waals surface area contributed by atoms with E-state index >= 15 is 0 Å². The SMILES string of the molecule is C[Si](C)(c1ccc2cc(OCc3ccccc3)ccc2c1)c1ccccc1CO. The van der Waals surface area contributed by atoms with Crippen LogP contribution in [0.4, 0.5) is 0 Å². The van der Waals surface area contributed by atoms with E-state index in [9.17, 15) is 5.11 Å². The van der Waals surface area contributed by atoms with E-state index < -0.39 is 8.07 Å². The van der Waals surface area contributed by atoms with Crippen LogP contribution in [0, 0.1) is 0 Å². The third-order valence-electron chi connectivity index (χ3n) is 5.64. The zero-order valence-electron chi connectivity index (χ0n) is 16.9. The predicted octanol–water partition coefficient (Wildman–Crippen LogP) is 4.73. The van der Waals surface area contributed by atoms with Crippen molar-refractivity contribution in [3.05, 3.63) is 102 Å². The molecule has 0 aliphatic heterocycles. The van der Waals surface area contributed by atoms with Crippen LogP contribution in [0.1, 0.15) is 11.1 Å². The summed E-state index contributed by atoms with van der Waals surface area (Å²) in [6, 6.07) is 31.5. The Morgan fingerprint density at radius 3 is 2.24 bits per heavy atom. The normalized spacial score (nSPS) is 11.6. The number of rotatable bonds is 6. The second kappa shape index (κ2) is 8.24. The molecule has 0 bridgehead atoms. The van der Waals surface area contributed by atoms with E-state index in [4.69, 9.17) is 4.74 Å². The summed E-state index contributed by atoms with van der Waals surface area (Å²) in [6.45, 7) is 5.35. The first-order valence-electron chi connectivity index (χ1n) is 9.98. The van der Waals surface area contributed by atoms with Crippen molar-refractivity contribution in [3.8, 4) is 5.75 Å². The zero-order valence-corrected chi connectivity index (χ0v) is 17.9. The molecule has 0 radical (unpaired) electrons. The van der Waals surface area contributed by atoms with Crippen LogP contribution < -0.4 is 15.1 Å². The standard InChI is InChI=1S/C26H26O2Si/c1-29(2,26-11-7-6-10-23(26)18-27)25-15-13-21-16-24(14-12-22(21)17-25)28-19-20-8-4-3-5-9-20/h3-17,27H,18-19H2,1-2H3. The molecule has 0 atom stereocenters. The molecular weight excluding hydrogens is 372 g/mol. The van der Waals surface area contributed by atoms with Gasteiger partial charge in [-0.05, 0) is 39.2 Å². The van der Waals surface area contributed by atoms with E-state index in [1.165, 1.54) is 26.7 Å². The zero-order chi connectivity index (χ0) is 20.3. The smallest absolute Gasteiger partial charge is 0.120 e. The molecule has 0 aliphatic carbocycles. The van der Waals surface area contributed by atoms with Gasteiger partial charge in [0, 0.05) is 0 Å². The summed E-state index contributed by atoms with van der Waals surface area (Å²) < 4.78 is 5.98. The number of fused-ring (bicyclic) bond motifs is 1. The number of aliphatic hydroxyl groups excluding tert-OH is 1. The minimum absolute atomic E-state index is 0.0856. The van der Waals surface area contributed by atoms with Crippen molar-refractivity contribution in [2.45, 2.75) is 26.3 Å². The highest BCUT2D eigenvalue weighted by Gasteiger charge is 2.28. The first kappa shape index (κ1) is 19.4. The van der Waals surface area contributed by atoms with Gasteiger partial charge >= 0.3 is 0 Å². The van der Waals surface area contributed by atoms with E-state index in [1.54, 1.807) is 0 Å². The predicted molar refractivity (Wildman–Crippen MR) is 124 cm³/mol. The lowest BCUT2D eigenvalue weighted by Gasteiger charge is -2.26. The van der Waals surface area contributed by atoms with Gasteiger partial charge in [-0.2, -0.15) is 0 Å². The lowest BCUT2D eigenvalue weighted by Crippen LogP contribution is -2.54. The number of hydrogen-bond donors (Lipinski definition) is 1. The Kier molecular flexibility index (Phi) is 5.52. The van der Waals surface area contributed by atoms with Crippen LogP contribution in [-0.2, 0) is 13.2 Å². The highest BCUT2D eigenvalue weighted by atomic mass is 28.3. The fourth-order valence-corrected chi connectivity index (χ4v) is 6.67. The third-order valence-corrected chi connectivity index (χ3v) is 9.23. The molecule has 0 unspecified atom stereocenters. The summed E-state index contributed by atoms with van der Waals surface area (Å²) in [5, 5.41) is 14.8. The van der Waals surface area contributed by atoms with Crippen LogP contribution in [0.2, 0.25) is 13.1 Å². The number of benzene rings is 4. The van der Waals surface area contributed by atoms with E-state index in [2.05, 4.69) is 67.7 Å². The van der Waals surface area contributed by atoms with E-state index in [0.29, 0.717) is 6.61 Å². The van der Waals surface area contributed by atoms with E-state index in [0.717, 1.165) is 11.3 Å². The molecule has 29 heavy (non-hydrogen) atoms. The molecule has 0 amide bonds. The number of aliphatic hydroxyl groups is 1. The van der Waals surface area contributed by atoms with Crippen molar-refractivity contribution in [1.82, 2.24) is 0 Å². The summed E-state index contributed by atoms with van der Waals surface area (Å²) in [7, 11) is -1.90. The first-order valence-corrected chi connectivity index (χ1v) is 13.0. The van der Waals surface area contributed by atoms with Gasteiger partial charge in [-0.25, -0.2) is 0 Å². The van der Waals surface area contributed by atoms with Crippen LogP contribution in [0.3, 0.4) is 0 Å². The van der Waals surface area contributed by atoms with Gasteiger partial charge in [0.1, 0.15) is 20.4 Å². The molecule has 0 aliphatic rings. The molecule has 0 fully saturated rings. The van der Waals surface area contributed by atoms with Crippen LogP contribution >= 0.6 is 0 Å². The molecular formula is C26H26O2Si. The van der Waals surface area contributed by atoms with Crippen molar-refractivity contribution >= 4 is 29.2 Å². The largest absolute Gasteiger partial charge is 0.489 e.